The van der Waals surface area contributed by atoms with E-state index in [0.29, 0.717) is 0 Å². The Hall–Kier alpha value is -0.890. The van der Waals surface area contributed by atoms with E-state index in [0.717, 1.165) is 11.5 Å². The van der Waals surface area contributed by atoms with Gasteiger partial charge in [-0.3, -0.25) is 0 Å². The standard InChI is InChI=1S/C10H12OS/c1-2-12-9-4-3-6-10-7-5-8-11-10/h3-9H,2H2,1H3/b6-3+,9-4+. The van der Waals surface area contributed by atoms with E-state index in [1.165, 1.54) is 0 Å². The number of thioether (sulfide) groups is 1. The van der Waals surface area contributed by atoms with Gasteiger partial charge in [0, 0.05) is 0 Å². The molecule has 0 amide bonds. The maximum Gasteiger partial charge on any atom is 0.126 e. The zero-order valence-electron chi connectivity index (χ0n) is 7.07. The van der Waals surface area contributed by atoms with Crippen molar-refractivity contribution in [2.75, 3.05) is 5.75 Å². The maximum absolute atomic E-state index is 5.11. The predicted molar refractivity (Wildman–Crippen MR) is 55.0 cm³/mol. The van der Waals surface area contributed by atoms with Crippen molar-refractivity contribution in [3.63, 3.8) is 0 Å². The topological polar surface area (TPSA) is 13.1 Å². The number of rotatable bonds is 4. The number of hydrogen-bond donors (Lipinski definition) is 0. The predicted octanol–water partition coefficient (Wildman–Crippen LogP) is 3.56. The van der Waals surface area contributed by atoms with Gasteiger partial charge in [0.25, 0.3) is 0 Å². The lowest BCUT2D eigenvalue weighted by Gasteiger charge is -1.81. The van der Waals surface area contributed by atoms with Gasteiger partial charge in [0.2, 0.25) is 0 Å². The molecule has 64 valence electrons. The molecule has 0 bridgehead atoms. The molecule has 0 N–H and O–H groups in total. The molecule has 0 fully saturated rings. The van der Waals surface area contributed by atoms with Gasteiger partial charge in [-0.25, -0.2) is 0 Å². The third-order valence-electron chi connectivity index (χ3n) is 1.26. The minimum absolute atomic E-state index is 0.890. The summed E-state index contributed by atoms with van der Waals surface area (Å²) in [4.78, 5) is 0. The van der Waals surface area contributed by atoms with Gasteiger partial charge in [0.15, 0.2) is 0 Å². The van der Waals surface area contributed by atoms with Gasteiger partial charge < -0.3 is 4.42 Å². The summed E-state index contributed by atoms with van der Waals surface area (Å²) in [6, 6.07) is 3.81. The first-order valence-corrected chi connectivity index (χ1v) is 4.96. The molecule has 0 atom stereocenters. The van der Waals surface area contributed by atoms with E-state index in [-0.39, 0.29) is 0 Å². The summed E-state index contributed by atoms with van der Waals surface area (Å²) in [6.07, 6.45) is 7.59. The fourth-order valence-corrected chi connectivity index (χ4v) is 1.13. The molecule has 0 unspecified atom stereocenters. The van der Waals surface area contributed by atoms with Gasteiger partial charge in [-0.05, 0) is 29.4 Å². The van der Waals surface area contributed by atoms with E-state index >= 15 is 0 Å². The van der Waals surface area contributed by atoms with Gasteiger partial charge in [0.1, 0.15) is 5.76 Å². The lowest BCUT2D eigenvalue weighted by Crippen LogP contribution is -1.58. The van der Waals surface area contributed by atoms with Crippen LogP contribution in [-0.4, -0.2) is 5.75 Å². The lowest BCUT2D eigenvalue weighted by molar-refractivity contribution is 0.557. The first kappa shape index (κ1) is 9.20. The van der Waals surface area contributed by atoms with Crippen molar-refractivity contribution in [2.45, 2.75) is 6.92 Å². The molecule has 0 spiro atoms. The van der Waals surface area contributed by atoms with Crippen molar-refractivity contribution in [1.82, 2.24) is 0 Å². The van der Waals surface area contributed by atoms with E-state index in [1.807, 2.05) is 30.4 Å². The van der Waals surface area contributed by atoms with Crippen LogP contribution >= 0.6 is 11.8 Å². The average Bonchev–Trinajstić information content (AvgIpc) is 2.57. The Kier molecular flexibility index (Phi) is 4.39. The number of furan rings is 1. The first-order chi connectivity index (χ1) is 5.93. The van der Waals surface area contributed by atoms with E-state index in [1.54, 1.807) is 18.0 Å². The van der Waals surface area contributed by atoms with E-state index < -0.39 is 0 Å². The number of allylic oxidation sites excluding steroid dienone is 2. The van der Waals surface area contributed by atoms with Gasteiger partial charge in [-0.1, -0.05) is 19.1 Å². The molecule has 0 saturated heterocycles. The quantitative estimate of drug-likeness (QED) is 0.657. The van der Waals surface area contributed by atoms with Crippen LogP contribution in [0.3, 0.4) is 0 Å². The third kappa shape index (κ3) is 3.49. The molecule has 12 heavy (non-hydrogen) atoms. The van der Waals surface area contributed by atoms with E-state index in [4.69, 9.17) is 4.42 Å². The Balaban J connectivity index is 2.31. The molecule has 1 rings (SSSR count). The van der Waals surface area contributed by atoms with Crippen LogP contribution in [0.25, 0.3) is 6.08 Å². The minimum atomic E-state index is 0.890. The van der Waals surface area contributed by atoms with Crippen molar-refractivity contribution in [2.24, 2.45) is 0 Å². The summed E-state index contributed by atoms with van der Waals surface area (Å²) in [6.45, 7) is 2.13. The molecule has 0 aliphatic carbocycles. The highest BCUT2D eigenvalue weighted by molar-refractivity contribution is 8.02. The molecule has 1 aromatic heterocycles. The molecule has 2 heteroatoms. The highest BCUT2D eigenvalue weighted by Crippen LogP contribution is 2.04. The zero-order valence-corrected chi connectivity index (χ0v) is 7.88. The summed E-state index contributed by atoms with van der Waals surface area (Å²) >= 11 is 1.78. The molecule has 0 aliphatic heterocycles. The molecule has 0 aliphatic rings. The molecule has 1 nitrogen and oxygen atoms in total. The monoisotopic (exact) mass is 180 g/mol. The molecular weight excluding hydrogens is 168 g/mol. The summed E-state index contributed by atoms with van der Waals surface area (Å²) in [5.74, 6) is 2.01. The van der Waals surface area contributed by atoms with Crippen LogP contribution in [0.15, 0.2) is 40.4 Å². The summed E-state index contributed by atoms with van der Waals surface area (Å²) in [5, 5.41) is 2.07. The van der Waals surface area contributed by atoms with Crippen molar-refractivity contribution in [1.29, 1.82) is 0 Å². The minimum Gasteiger partial charge on any atom is -0.465 e. The highest BCUT2D eigenvalue weighted by Gasteiger charge is 1.83. The van der Waals surface area contributed by atoms with Crippen LogP contribution in [0.2, 0.25) is 0 Å². The van der Waals surface area contributed by atoms with Crippen LogP contribution < -0.4 is 0 Å². The SMILES string of the molecule is CCS/C=C/C=C/c1ccco1. The van der Waals surface area contributed by atoms with Crippen LogP contribution in [0.1, 0.15) is 12.7 Å². The third-order valence-corrected chi connectivity index (χ3v) is 1.94. The normalized spacial score (nSPS) is 11.8. The Morgan fingerprint density at radius 1 is 1.50 bits per heavy atom. The molecule has 1 heterocycles. The fourth-order valence-electron chi connectivity index (χ4n) is 0.734. The van der Waals surface area contributed by atoms with Crippen LogP contribution in [0, 0.1) is 0 Å². The molecule has 0 saturated carbocycles. The van der Waals surface area contributed by atoms with Gasteiger partial charge >= 0.3 is 0 Å². The lowest BCUT2D eigenvalue weighted by atomic mass is 10.4. The van der Waals surface area contributed by atoms with Crippen LogP contribution in [-0.2, 0) is 0 Å². The Morgan fingerprint density at radius 3 is 3.08 bits per heavy atom. The maximum atomic E-state index is 5.11. The van der Waals surface area contributed by atoms with Crippen molar-refractivity contribution >= 4 is 17.8 Å². The number of hydrogen-bond acceptors (Lipinski definition) is 2. The van der Waals surface area contributed by atoms with Gasteiger partial charge in [0.05, 0.1) is 6.26 Å². The summed E-state index contributed by atoms with van der Waals surface area (Å²) in [5.41, 5.74) is 0. The second-order valence-corrected chi connectivity index (χ2v) is 3.34. The second-order valence-electron chi connectivity index (χ2n) is 2.16. The van der Waals surface area contributed by atoms with E-state index in [9.17, 15) is 0 Å². The summed E-state index contributed by atoms with van der Waals surface area (Å²) < 4.78 is 5.11. The van der Waals surface area contributed by atoms with Gasteiger partial charge in [-0.2, -0.15) is 0 Å². The molecular formula is C10H12OS. The van der Waals surface area contributed by atoms with Crippen molar-refractivity contribution in [3.8, 4) is 0 Å². The fraction of sp³-hybridized carbons (Fsp3) is 0.200. The van der Waals surface area contributed by atoms with Crippen LogP contribution in [0.4, 0.5) is 0 Å². The highest BCUT2D eigenvalue weighted by atomic mass is 32.2. The molecule has 1 aromatic rings. The zero-order chi connectivity index (χ0) is 8.65. The summed E-state index contributed by atoms with van der Waals surface area (Å²) in [7, 11) is 0. The van der Waals surface area contributed by atoms with Gasteiger partial charge in [-0.15, -0.1) is 11.8 Å². The molecule has 0 aromatic carbocycles. The van der Waals surface area contributed by atoms with Crippen molar-refractivity contribution in [3.05, 3.63) is 41.7 Å². The Morgan fingerprint density at radius 2 is 2.42 bits per heavy atom. The first-order valence-electron chi connectivity index (χ1n) is 3.92. The van der Waals surface area contributed by atoms with E-state index in [2.05, 4.69) is 12.3 Å². The Bertz CT molecular complexity index is 247. The van der Waals surface area contributed by atoms with Crippen LogP contribution in [0.5, 0.6) is 0 Å². The Labute approximate surface area is 77.2 Å². The largest absolute Gasteiger partial charge is 0.465 e. The average molecular weight is 180 g/mol. The van der Waals surface area contributed by atoms with Crippen molar-refractivity contribution < 1.29 is 4.42 Å². The second kappa shape index (κ2) is 5.72. The smallest absolute Gasteiger partial charge is 0.126 e. The molecule has 0 radical (unpaired) electrons.